The molecule has 2 aliphatic heterocycles. The van der Waals surface area contributed by atoms with Crippen LogP contribution in [0.2, 0.25) is 0 Å². The van der Waals surface area contributed by atoms with Crippen LogP contribution < -0.4 is 11.2 Å². The van der Waals surface area contributed by atoms with Crippen molar-refractivity contribution in [3.8, 4) is 0 Å². The van der Waals surface area contributed by atoms with Crippen LogP contribution in [0.1, 0.15) is 6.42 Å². The zero-order valence-corrected chi connectivity index (χ0v) is 7.94. The average molecular weight is 201 g/mol. The molecule has 0 saturated carbocycles. The highest BCUT2D eigenvalue weighted by molar-refractivity contribution is 5.69. The smallest absolute Gasteiger partial charge is 0.424 e. The van der Waals surface area contributed by atoms with Gasteiger partial charge in [0.1, 0.15) is 6.61 Å². The van der Waals surface area contributed by atoms with Gasteiger partial charge in [-0.25, -0.2) is 15.6 Å². The molecule has 0 aromatic rings. The highest BCUT2D eigenvalue weighted by atomic mass is 16.6. The molecular formula is C8H15N3O3. The third kappa shape index (κ3) is 1.97. The highest BCUT2D eigenvalue weighted by Crippen LogP contribution is 2.13. The van der Waals surface area contributed by atoms with E-state index in [0.717, 1.165) is 24.6 Å². The lowest BCUT2D eigenvalue weighted by Gasteiger charge is -2.27. The van der Waals surface area contributed by atoms with Crippen molar-refractivity contribution in [1.29, 1.82) is 0 Å². The first kappa shape index (κ1) is 9.70. The normalized spacial score (nSPS) is 33.2. The van der Waals surface area contributed by atoms with Crippen LogP contribution in [0.25, 0.3) is 0 Å². The molecule has 0 spiro atoms. The molecule has 80 valence electrons. The lowest BCUT2D eigenvalue weighted by atomic mass is 10.1. The summed E-state index contributed by atoms with van der Waals surface area (Å²) in [5, 5.41) is 4.47. The zero-order chi connectivity index (χ0) is 9.97. The maximum atomic E-state index is 11.0. The predicted octanol–water partition coefficient (Wildman–Crippen LogP) is -0.941. The van der Waals surface area contributed by atoms with Gasteiger partial charge < -0.3 is 14.8 Å². The van der Waals surface area contributed by atoms with Crippen molar-refractivity contribution in [3.63, 3.8) is 0 Å². The van der Waals surface area contributed by atoms with Crippen LogP contribution in [0, 0.1) is 0 Å². The number of carbonyl (C=O) groups excluding carboxylic acids is 1. The van der Waals surface area contributed by atoms with Crippen molar-refractivity contribution in [2.45, 2.75) is 18.5 Å². The minimum Gasteiger partial charge on any atom is -0.446 e. The van der Waals surface area contributed by atoms with Gasteiger partial charge in [0.25, 0.3) is 0 Å². The van der Waals surface area contributed by atoms with Gasteiger partial charge in [-0.15, -0.1) is 0 Å². The number of ether oxygens (including phenoxy) is 2. The van der Waals surface area contributed by atoms with Crippen LogP contribution >= 0.6 is 0 Å². The third-order valence-electron chi connectivity index (χ3n) is 2.56. The highest BCUT2D eigenvalue weighted by Gasteiger charge is 2.32. The van der Waals surface area contributed by atoms with E-state index < -0.39 is 6.09 Å². The maximum absolute atomic E-state index is 11.0. The molecule has 0 radical (unpaired) electrons. The standard InChI is InChI=1S/C8H15N3O3/c9-11-7(5-14-8(11)12)3-6-4-13-2-1-10-6/h6-7,10H,1-5,9H2. The van der Waals surface area contributed by atoms with E-state index in [1.54, 1.807) is 0 Å². The quantitative estimate of drug-likeness (QED) is 0.445. The number of carbonyl (C=O) groups is 1. The van der Waals surface area contributed by atoms with E-state index in [2.05, 4.69) is 5.32 Å². The van der Waals surface area contributed by atoms with Crippen molar-refractivity contribution in [1.82, 2.24) is 10.3 Å². The summed E-state index contributed by atoms with van der Waals surface area (Å²) in [6.45, 7) is 2.67. The molecule has 6 nitrogen and oxygen atoms in total. The minimum atomic E-state index is -0.438. The SMILES string of the molecule is NN1C(=O)OCC1CC1COCCN1. The molecule has 0 aromatic carbocycles. The van der Waals surface area contributed by atoms with Crippen LogP contribution in [0.4, 0.5) is 4.79 Å². The summed E-state index contributed by atoms with van der Waals surface area (Å²) in [5.41, 5.74) is 0. The lowest BCUT2D eigenvalue weighted by Crippen LogP contribution is -2.48. The van der Waals surface area contributed by atoms with Gasteiger partial charge >= 0.3 is 6.09 Å². The van der Waals surface area contributed by atoms with Crippen molar-refractivity contribution in [2.24, 2.45) is 5.84 Å². The monoisotopic (exact) mass is 201 g/mol. The van der Waals surface area contributed by atoms with Gasteiger partial charge in [0.05, 0.1) is 19.3 Å². The zero-order valence-electron chi connectivity index (χ0n) is 7.94. The maximum Gasteiger partial charge on any atom is 0.424 e. The number of hydrogen-bond acceptors (Lipinski definition) is 5. The molecule has 0 aromatic heterocycles. The summed E-state index contributed by atoms with van der Waals surface area (Å²) in [5.74, 6) is 5.53. The number of nitrogens with zero attached hydrogens (tertiary/aromatic N) is 1. The Morgan fingerprint density at radius 2 is 2.43 bits per heavy atom. The fourth-order valence-corrected chi connectivity index (χ4v) is 1.75. The van der Waals surface area contributed by atoms with Crippen molar-refractivity contribution < 1.29 is 14.3 Å². The molecule has 2 saturated heterocycles. The van der Waals surface area contributed by atoms with E-state index in [4.69, 9.17) is 15.3 Å². The van der Waals surface area contributed by atoms with E-state index in [-0.39, 0.29) is 12.1 Å². The molecule has 2 rings (SSSR count). The third-order valence-corrected chi connectivity index (χ3v) is 2.56. The molecule has 0 bridgehead atoms. The Morgan fingerprint density at radius 1 is 1.57 bits per heavy atom. The van der Waals surface area contributed by atoms with E-state index in [1.807, 2.05) is 0 Å². The average Bonchev–Trinajstić information content (AvgIpc) is 2.52. The molecule has 6 heteroatoms. The largest absolute Gasteiger partial charge is 0.446 e. The Morgan fingerprint density at radius 3 is 3.00 bits per heavy atom. The Balaban J connectivity index is 1.81. The number of cyclic esters (lactones) is 1. The van der Waals surface area contributed by atoms with E-state index in [9.17, 15) is 4.79 Å². The summed E-state index contributed by atoms with van der Waals surface area (Å²) >= 11 is 0. The van der Waals surface area contributed by atoms with Crippen LogP contribution in [0.15, 0.2) is 0 Å². The molecule has 3 N–H and O–H groups in total. The number of rotatable bonds is 2. The number of morpholine rings is 1. The first-order chi connectivity index (χ1) is 6.77. The molecule has 0 aliphatic carbocycles. The Labute approximate surface area is 82.3 Å². The summed E-state index contributed by atoms with van der Waals surface area (Å²) in [7, 11) is 0. The van der Waals surface area contributed by atoms with E-state index in [1.165, 1.54) is 0 Å². The molecule has 2 heterocycles. The van der Waals surface area contributed by atoms with Gasteiger partial charge in [0.15, 0.2) is 0 Å². The summed E-state index contributed by atoms with van der Waals surface area (Å²) < 4.78 is 10.1. The summed E-state index contributed by atoms with van der Waals surface area (Å²) in [4.78, 5) is 11.0. The van der Waals surface area contributed by atoms with Gasteiger partial charge in [-0.1, -0.05) is 0 Å². The van der Waals surface area contributed by atoms with Gasteiger partial charge in [0, 0.05) is 12.6 Å². The van der Waals surface area contributed by atoms with Crippen molar-refractivity contribution in [3.05, 3.63) is 0 Å². The Bertz CT molecular complexity index is 218. The molecule has 2 atom stereocenters. The second-order valence-corrected chi connectivity index (χ2v) is 3.60. The minimum absolute atomic E-state index is 0.0262. The van der Waals surface area contributed by atoms with Crippen LogP contribution in [-0.2, 0) is 9.47 Å². The fourth-order valence-electron chi connectivity index (χ4n) is 1.75. The Hall–Kier alpha value is -0.850. The van der Waals surface area contributed by atoms with Crippen molar-refractivity contribution in [2.75, 3.05) is 26.4 Å². The molecule has 1 amide bonds. The van der Waals surface area contributed by atoms with Crippen LogP contribution in [0.5, 0.6) is 0 Å². The molecular weight excluding hydrogens is 186 g/mol. The number of nitrogens with two attached hydrogens (primary N) is 1. The van der Waals surface area contributed by atoms with Gasteiger partial charge in [0.2, 0.25) is 0 Å². The van der Waals surface area contributed by atoms with Gasteiger partial charge in [-0.05, 0) is 6.42 Å². The molecule has 14 heavy (non-hydrogen) atoms. The van der Waals surface area contributed by atoms with Crippen molar-refractivity contribution >= 4 is 6.09 Å². The first-order valence-electron chi connectivity index (χ1n) is 4.79. The first-order valence-corrected chi connectivity index (χ1v) is 4.79. The number of amides is 1. The van der Waals surface area contributed by atoms with E-state index in [0.29, 0.717) is 13.2 Å². The fraction of sp³-hybridized carbons (Fsp3) is 0.875. The van der Waals surface area contributed by atoms with Gasteiger partial charge in [-0.2, -0.15) is 0 Å². The summed E-state index contributed by atoms with van der Waals surface area (Å²) in [6.07, 6.45) is 0.342. The number of hydrogen-bond donors (Lipinski definition) is 2. The second kappa shape index (κ2) is 4.12. The second-order valence-electron chi connectivity index (χ2n) is 3.60. The van der Waals surface area contributed by atoms with Crippen LogP contribution in [0.3, 0.4) is 0 Å². The number of hydrazine groups is 1. The van der Waals surface area contributed by atoms with Crippen LogP contribution in [-0.4, -0.2) is 49.6 Å². The van der Waals surface area contributed by atoms with E-state index >= 15 is 0 Å². The Kier molecular flexibility index (Phi) is 2.85. The van der Waals surface area contributed by atoms with Gasteiger partial charge in [-0.3, -0.25) is 0 Å². The molecule has 2 fully saturated rings. The topological polar surface area (TPSA) is 76.8 Å². The summed E-state index contributed by atoms with van der Waals surface area (Å²) in [6, 6.07) is 0.246. The lowest BCUT2D eigenvalue weighted by molar-refractivity contribution is 0.0664. The predicted molar refractivity (Wildman–Crippen MR) is 48.4 cm³/mol. The molecule has 2 aliphatic rings. The number of nitrogens with one attached hydrogen (secondary N) is 1. The molecule has 2 unspecified atom stereocenters.